The fourth-order valence-corrected chi connectivity index (χ4v) is 3.68. The molecule has 156 valence electrons. The number of nitrogens with one attached hydrogen (secondary N) is 1. The van der Waals surface area contributed by atoms with Crippen LogP contribution in [0.15, 0.2) is 46.5 Å². The van der Waals surface area contributed by atoms with E-state index in [0.29, 0.717) is 33.0 Å². The maximum Gasteiger partial charge on any atom is 0.233 e. The van der Waals surface area contributed by atoms with Crippen LogP contribution in [0, 0.1) is 17.4 Å². The molecule has 2 aromatic carbocycles. The minimum absolute atomic E-state index is 0.152. The van der Waals surface area contributed by atoms with Crippen LogP contribution in [-0.4, -0.2) is 30.3 Å². The molecule has 6 nitrogen and oxygen atoms in total. The lowest BCUT2D eigenvalue weighted by Gasteiger charge is -2.17. The summed E-state index contributed by atoms with van der Waals surface area (Å²) in [6.45, 7) is 2.69. The van der Waals surface area contributed by atoms with Gasteiger partial charge in [0.2, 0.25) is 5.96 Å². The summed E-state index contributed by atoms with van der Waals surface area (Å²) in [5.74, 6) is 1.04. The standard InChI is InChI=1S/C21H20Cl3N5O/c1-3-4-14-11-29(28-20(14)13-5-7-16(22)18(24)9-13)21(26-12-25)27-19-10-15(30-2)6-8-17(19)23/h5-10,14H,3-4,11H2,1-2H3,(H,26,27). The van der Waals surface area contributed by atoms with Gasteiger partial charge in [0.15, 0.2) is 6.19 Å². The van der Waals surface area contributed by atoms with Crippen molar-refractivity contribution in [1.29, 1.82) is 5.26 Å². The number of halogens is 3. The molecule has 1 unspecified atom stereocenters. The minimum atomic E-state index is 0.152. The van der Waals surface area contributed by atoms with E-state index in [1.807, 2.05) is 18.3 Å². The Kier molecular flexibility index (Phi) is 7.43. The molecule has 0 bridgehead atoms. The fraction of sp³-hybridized carbons (Fsp3) is 0.286. The number of benzene rings is 2. The first-order valence-electron chi connectivity index (χ1n) is 9.35. The number of guanidine groups is 1. The highest BCUT2D eigenvalue weighted by atomic mass is 35.5. The lowest BCUT2D eigenvalue weighted by Crippen LogP contribution is -2.35. The van der Waals surface area contributed by atoms with E-state index in [2.05, 4.69) is 17.2 Å². The molecule has 1 aliphatic rings. The SMILES string of the molecule is CCCC1CN(C(=Nc2cc(OC)ccc2Cl)NC#N)N=C1c1ccc(Cl)c(Cl)c1. The zero-order valence-electron chi connectivity index (χ0n) is 16.5. The Morgan fingerprint density at radius 2 is 2.00 bits per heavy atom. The van der Waals surface area contributed by atoms with Crippen molar-refractivity contribution in [1.82, 2.24) is 10.3 Å². The third-order valence-electron chi connectivity index (χ3n) is 4.65. The zero-order valence-corrected chi connectivity index (χ0v) is 18.8. The van der Waals surface area contributed by atoms with Gasteiger partial charge in [-0.3, -0.25) is 5.32 Å². The van der Waals surface area contributed by atoms with Crippen LogP contribution in [0.4, 0.5) is 5.69 Å². The monoisotopic (exact) mass is 463 g/mol. The van der Waals surface area contributed by atoms with Crippen molar-refractivity contribution >= 4 is 52.2 Å². The minimum Gasteiger partial charge on any atom is -0.497 e. The number of nitrogens with zero attached hydrogens (tertiary/aromatic N) is 4. The van der Waals surface area contributed by atoms with Crippen molar-refractivity contribution in [3.63, 3.8) is 0 Å². The first-order chi connectivity index (χ1) is 14.5. The molecule has 1 N–H and O–H groups in total. The lowest BCUT2D eigenvalue weighted by molar-refractivity contribution is 0.414. The van der Waals surface area contributed by atoms with Crippen molar-refractivity contribution in [2.24, 2.45) is 16.0 Å². The largest absolute Gasteiger partial charge is 0.497 e. The van der Waals surface area contributed by atoms with Crippen molar-refractivity contribution < 1.29 is 4.74 Å². The van der Waals surface area contributed by atoms with Crippen LogP contribution in [0.5, 0.6) is 5.75 Å². The average molecular weight is 465 g/mol. The summed E-state index contributed by atoms with van der Waals surface area (Å²) in [5.41, 5.74) is 2.24. The third kappa shape index (κ3) is 4.99. The van der Waals surface area contributed by atoms with Crippen molar-refractivity contribution in [3.05, 3.63) is 57.0 Å². The maximum atomic E-state index is 9.26. The van der Waals surface area contributed by atoms with E-state index in [-0.39, 0.29) is 11.9 Å². The summed E-state index contributed by atoms with van der Waals surface area (Å²) in [4.78, 5) is 4.54. The summed E-state index contributed by atoms with van der Waals surface area (Å²) < 4.78 is 5.24. The predicted octanol–water partition coefficient (Wildman–Crippen LogP) is 5.85. The molecule has 2 aromatic rings. The van der Waals surface area contributed by atoms with Crippen molar-refractivity contribution in [2.75, 3.05) is 13.7 Å². The Bertz CT molecular complexity index is 1030. The predicted molar refractivity (Wildman–Crippen MR) is 122 cm³/mol. The van der Waals surface area contributed by atoms with Crippen LogP contribution in [0.1, 0.15) is 25.3 Å². The molecular weight excluding hydrogens is 445 g/mol. The van der Waals surface area contributed by atoms with Crippen LogP contribution in [0.25, 0.3) is 0 Å². The Hall–Kier alpha value is -2.46. The first kappa shape index (κ1) is 22.2. The quantitative estimate of drug-likeness (QED) is 0.261. The van der Waals surface area contributed by atoms with Crippen LogP contribution in [-0.2, 0) is 0 Å². The molecule has 0 aromatic heterocycles. The van der Waals surface area contributed by atoms with Crippen molar-refractivity contribution in [3.8, 4) is 11.9 Å². The second kappa shape index (κ2) is 10.0. The van der Waals surface area contributed by atoms with E-state index < -0.39 is 0 Å². The molecule has 1 aliphatic heterocycles. The molecule has 1 heterocycles. The Labute approximate surface area is 190 Å². The number of hydrogen-bond donors (Lipinski definition) is 1. The van der Waals surface area contributed by atoms with E-state index in [9.17, 15) is 5.26 Å². The molecule has 9 heteroatoms. The number of rotatable bonds is 5. The summed E-state index contributed by atoms with van der Waals surface area (Å²) in [6.07, 6.45) is 3.84. The first-order valence-corrected chi connectivity index (χ1v) is 10.5. The summed E-state index contributed by atoms with van der Waals surface area (Å²) in [6, 6.07) is 10.6. The van der Waals surface area contributed by atoms with Crippen LogP contribution in [0.3, 0.4) is 0 Å². The van der Waals surface area contributed by atoms with Crippen LogP contribution in [0.2, 0.25) is 15.1 Å². The number of ether oxygens (including phenoxy) is 1. The van der Waals surface area contributed by atoms with Gasteiger partial charge < -0.3 is 4.74 Å². The number of hydrogen-bond acceptors (Lipinski definition) is 4. The van der Waals surface area contributed by atoms with Gasteiger partial charge in [0.1, 0.15) is 5.75 Å². The summed E-state index contributed by atoms with van der Waals surface area (Å²) in [5, 5.41) is 19.7. The van der Waals surface area contributed by atoms with Gasteiger partial charge in [-0.05, 0) is 36.2 Å². The van der Waals surface area contributed by atoms with Gasteiger partial charge in [-0.2, -0.15) is 10.4 Å². The van der Waals surface area contributed by atoms with E-state index in [1.54, 1.807) is 36.4 Å². The van der Waals surface area contributed by atoms with E-state index in [1.165, 1.54) is 0 Å². The molecule has 30 heavy (non-hydrogen) atoms. The Morgan fingerprint density at radius 3 is 2.67 bits per heavy atom. The summed E-state index contributed by atoms with van der Waals surface area (Å²) >= 11 is 18.6. The van der Waals surface area contributed by atoms with Gasteiger partial charge in [-0.15, -0.1) is 0 Å². The molecular formula is C21H20Cl3N5O. The van der Waals surface area contributed by atoms with Crippen molar-refractivity contribution in [2.45, 2.75) is 19.8 Å². The van der Waals surface area contributed by atoms with Gasteiger partial charge in [0, 0.05) is 12.0 Å². The maximum absolute atomic E-state index is 9.26. The van der Waals surface area contributed by atoms with Crippen LogP contribution < -0.4 is 10.1 Å². The van der Waals surface area contributed by atoms with Gasteiger partial charge in [0.25, 0.3) is 0 Å². The number of hydrazone groups is 1. The van der Waals surface area contributed by atoms with E-state index in [4.69, 9.17) is 44.6 Å². The highest BCUT2D eigenvalue weighted by Gasteiger charge is 2.30. The molecule has 1 atom stereocenters. The molecule has 0 spiro atoms. The molecule has 3 rings (SSSR count). The van der Waals surface area contributed by atoms with Crippen LogP contribution >= 0.6 is 34.8 Å². The van der Waals surface area contributed by atoms with E-state index in [0.717, 1.165) is 24.1 Å². The second-order valence-corrected chi connectivity index (χ2v) is 7.89. The Morgan fingerprint density at radius 1 is 1.23 bits per heavy atom. The Balaban J connectivity index is 2.01. The number of nitriles is 1. The summed E-state index contributed by atoms with van der Waals surface area (Å²) in [7, 11) is 1.56. The van der Waals surface area contributed by atoms with Gasteiger partial charge in [-0.1, -0.05) is 54.2 Å². The third-order valence-corrected chi connectivity index (χ3v) is 5.71. The zero-order chi connectivity index (χ0) is 21.7. The highest BCUT2D eigenvalue weighted by molar-refractivity contribution is 6.42. The molecule has 0 saturated carbocycles. The molecule has 0 aliphatic carbocycles. The molecule has 0 amide bonds. The average Bonchev–Trinajstić information content (AvgIpc) is 3.15. The number of methoxy groups -OCH3 is 1. The fourth-order valence-electron chi connectivity index (χ4n) is 3.23. The van der Waals surface area contributed by atoms with E-state index >= 15 is 0 Å². The van der Waals surface area contributed by atoms with Gasteiger partial charge in [-0.25, -0.2) is 10.0 Å². The molecule has 0 radical (unpaired) electrons. The second-order valence-electron chi connectivity index (χ2n) is 6.67. The highest BCUT2D eigenvalue weighted by Crippen LogP contribution is 2.31. The lowest BCUT2D eigenvalue weighted by atomic mass is 9.93. The topological polar surface area (TPSA) is 73.0 Å². The number of aliphatic imine (C=N–C) groups is 1. The smallest absolute Gasteiger partial charge is 0.233 e. The molecule has 0 saturated heterocycles. The van der Waals surface area contributed by atoms with Gasteiger partial charge in [0.05, 0.1) is 40.1 Å². The van der Waals surface area contributed by atoms with Gasteiger partial charge >= 0.3 is 0 Å². The molecule has 0 fully saturated rings. The normalized spacial score (nSPS) is 16.3.